The molecule has 2 heterocycles. The molecular formula is C29H34N4O2. The van der Waals surface area contributed by atoms with E-state index in [-0.39, 0.29) is 17.6 Å². The van der Waals surface area contributed by atoms with Gasteiger partial charge in [-0.05, 0) is 63.7 Å². The van der Waals surface area contributed by atoms with Gasteiger partial charge in [0.15, 0.2) is 5.78 Å². The van der Waals surface area contributed by atoms with Crippen LogP contribution in [0.5, 0.6) is 0 Å². The highest BCUT2D eigenvalue weighted by atomic mass is 16.2. The molecule has 1 saturated heterocycles. The first-order valence-corrected chi connectivity index (χ1v) is 12.8. The number of likely N-dealkylation sites (tertiary alicyclic amines) is 1. The number of carbonyl (C=O) groups is 2. The van der Waals surface area contributed by atoms with Crippen LogP contribution in [-0.2, 0) is 19.9 Å². The van der Waals surface area contributed by atoms with Crippen LogP contribution < -0.4 is 4.90 Å². The first-order chi connectivity index (χ1) is 17.1. The number of hydrogen-bond donors (Lipinski definition) is 0. The molecule has 6 heteroatoms. The van der Waals surface area contributed by atoms with Gasteiger partial charge in [0.1, 0.15) is 5.82 Å². The van der Waals surface area contributed by atoms with E-state index in [4.69, 9.17) is 5.10 Å². The minimum atomic E-state index is 0.0242. The van der Waals surface area contributed by atoms with Crippen LogP contribution in [0.2, 0.25) is 0 Å². The second-order valence-electron chi connectivity index (χ2n) is 9.75. The Hall–Kier alpha value is -3.25. The Kier molecular flexibility index (Phi) is 7.09. The fraction of sp³-hybridized carbons (Fsp3) is 0.414. The number of hydrogen-bond acceptors (Lipinski definition) is 4. The van der Waals surface area contributed by atoms with E-state index in [0.29, 0.717) is 12.1 Å². The molecule has 6 nitrogen and oxygen atoms in total. The summed E-state index contributed by atoms with van der Waals surface area (Å²) >= 11 is 0. The Morgan fingerprint density at radius 2 is 1.54 bits per heavy atom. The van der Waals surface area contributed by atoms with E-state index in [1.165, 1.54) is 5.56 Å². The third-order valence-corrected chi connectivity index (χ3v) is 7.46. The summed E-state index contributed by atoms with van der Waals surface area (Å²) in [5, 5.41) is 4.77. The van der Waals surface area contributed by atoms with Gasteiger partial charge in [0.2, 0.25) is 0 Å². The van der Waals surface area contributed by atoms with Crippen molar-refractivity contribution in [1.82, 2.24) is 14.7 Å². The van der Waals surface area contributed by atoms with Gasteiger partial charge in [0.25, 0.3) is 5.91 Å². The molecule has 1 fully saturated rings. The van der Waals surface area contributed by atoms with Crippen LogP contribution in [0.25, 0.3) is 0 Å². The molecule has 1 aliphatic heterocycles. The van der Waals surface area contributed by atoms with E-state index in [1.807, 2.05) is 77.3 Å². The Labute approximate surface area is 207 Å². The zero-order valence-corrected chi connectivity index (χ0v) is 20.5. The quantitative estimate of drug-likeness (QED) is 0.476. The van der Waals surface area contributed by atoms with E-state index in [0.717, 1.165) is 75.2 Å². The second-order valence-corrected chi connectivity index (χ2v) is 9.75. The highest BCUT2D eigenvalue weighted by molar-refractivity contribution is 6.06. The molecule has 182 valence electrons. The predicted octanol–water partition coefficient (Wildman–Crippen LogP) is 4.54. The van der Waals surface area contributed by atoms with E-state index < -0.39 is 0 Å². The molecule has 0 N–H and O–H groups in total. The van der Waals surface area contributed by atoms with Crippen LogP contribution in [0.1, 0.15) is 57.7 Å². The fourth-order valence-corrected chi connectivity index (χ4v) is 5.54. The summed E-state index contributed by atoms with van der Waals surface area (Å²) < 4.78 is 1.90. The zero-order chi connectivity index (χ0) is 24.2. The van der Waals surface area contributed by atoms with E-state index in [9.17, 15) is 9.59 Å². The third-order valence-electron chi connectivity index (χ3n) is 7.46. The molecule has 5 rings (SSSR count). The summed E-state index contributed by atoms with van der Waals surface area (Å²) in [6.45, 7) is 3.14. The molecule has 1 amide bonds. The molecule has 1 aliphatic carbocycles. The maximum absolute atomic E-state index is 13.7. The Bertz CT molecular complexity index is 1160. The van der Waals surface area contributed by atoms with Crippen molar-refractivity contribution >= 4 is 17.5 Å². The Morgan fingerprint density at radius 1 is 0.914 bits per heavy atom. The Morgan fingerprint density at radius 3 is 2.23 bits per heavy atom. The second kappa shape index (κ2) is 10.6. The van der Waals surface area contributed by atoms with Crippen LogP contribution in [0.15, 0.2) is 60.7 Å². The lowest BCUT2D eigenvalue weighted by molar-refractivity contribution is 0.0841. The number of anilines is 1. The van der Waals surface area contributed by atoms with Gasteiger partial charge < -0.3 is 4.90 Å². The number of Topliss-reactive ketones (excluding diaryl/α,β-unsaturated/α-hetero) is 1. The Balaban J connectivity index is 1.29. The van der Waals surface area contributed by atoms with Crippen LogP contribution in [0.4, 0.5) is 5.82 Å². The van der Waals surface area contributed by atoms with Crippen molar-refractivity contribution in [1.29, 1.82) is 0 Å². The maximum Gasteiger partial charge on any atom is 0.259 e. The smallest absolute Gasteiger partial charge is 0.259 e. The number of nitrogens with zero attached hydrogens (tertiary/aromatic N) is 4. The largest absolute Gasteiger partial charge is 0.302 e. The number of aryl methyl sites for hydroxylation is 2. The molecular weight excluding hydrogens is 436 g/mol. The summed E-state index contributed by atoms with van der Waals surface area (Å²) in [5.41, 5.74) is 3.88. The van der Waals surface area contributed by atoms with Gasteiger partial charge in [-0.25, -0.2) is 0 Å². The lowest BCUT2D eigenvalue weighted by atomic mass is 9.89. The van der Waals surface area contributed by atoms with Crippen LogP contribution in [-0.4, -0.2) is 52.5 Å². The lowest BCUT2D eigenvalue weighted by Crippen LogP contribution is -2.43. The van der Waals surface area contributed by atoms with E-state index in [2.05, 4.69) is 4.90 Å². The minimum absolute atomic E-state index is 0.0242. The van der Waals surface area contributed by atoms with Gasteiger partial charge in [-0.3, -0.25) is 19.2 Å². The fourth-order valence-electron chi connectivity index (χ4n) is 5.54. The summed E-state index contributed by atoms with van der Waals surface area (Å²) in [6.07, 6.45) is 5.99. The van der Waals surface area contributed by atoms with Gasteiger partial charge in [0.05, 0.1) is 5.69 Å². The molecule has 0 saturated carbocycles. The highest BCUT2D eigenvalue weighted by Crippen LogP contribution is 2.31. The first-order valence-electron chi connectivity index (χ1n) is 12.8. The lowest BCUT2D eigenvalue weighted by Gasteiger charge is -2.33. The van der Waals surface area contributed by atoms with Crippen molar-refractivity contribution in [3.63, 3.8) is 0 Å². The van der Waals surface area contributed by atoms with Crippen molar-refractivity contribution < 1.29 is 9.59 Å². The molecule has 0 unspecified atom stereocenters. The zero-order valence-electron chi connectivity index (χ0n) is 20.5. The molecule has 1 aromatic heterocycles. The number of piperidine rings is 1. The number of benzene rings is 2. The molecule has 0 radical (unpaired) electrons. The average molecular weight is 471 g/mol. The number of ketones is 1. The summed E-state index contributed by atoms with van der Waals surface area (Å²) in [5.74, 6) is 1.31. The summed E-state index contributed by atoms with van der Waals surface area (Å²) in [7, 11) is 1.96. The van der Waals surface area contributed by atoms with E-state index >= 15 is 0 Å². The first kappa shape index (κ1) is 23.5. The maximum atomic E-state index is 13.7. The van der Waals surface area contributed by atoms with Crippen molar-refractivity contribution in [2.24, 2.45) is 13.0 Å². The van der Waals surface area contributed by atoms with Crippen molar-refractivity contribution in [3.05, 3.63) is 83.0 Å². The SMILES string of the molecule is Cn1nc2c(c1N(CCN1CCC(C(=O)c3ccccc3)CC1)C(=O)c1ccccc1)CCCC2. The minimum Gasteiger partial charge on any atom is -0.302 e. The van der Waals surface area contributed by atoms with Gasteiger partial charge in [-0.15, -0.1) is 0 Å². The van der Waals surface area contributed by atoms with Crippen LogP contribution in [0, 0.1) is 5.92 Å². The molecule has 0 spiro atoms. The summed E-state index contributed by atoms with van der Waals surface area (Å²) in [4.78, 5) is 30.9. The van der Waals surface area contributed by atoms with Gasteiger partial charge in [-0.1, -0.05) is 48.5 Å². The van der Waals surface area contributed by atoms with Crippen molar-refractivity contribution in [3.8, 4) is 0 Å². The monoisotopic (exact) mass is 470 g/mol. The number of carbonyl (C=O) groups excluding carboxylic acids is 2. The molecule has 2 aliphatic rings. The van der Waals surface area contributed by atoms with Crippen LogP contribution >= 0.6 is 0 Å². The van der Waals surface area contributed by atoms with Crippen LogP contribution in [0.3, 0.4) is 0 Å². The third kappa shape index (κ3) is 5.08. The van der Waals surface area contributed by atoms with Gasteiger partial charge >= 0.3 is 0 Å². The predicted molar refractivity (Wildman–Crippen MR) is 138 cm³/mol. The molecule has 0 bridgehead atoms. The molecule has 35 heavy (non-hydrogen) atoms. The standard InChI is InChI=1S/C29H34N4O2/c1-31-28(25-14-8-9-15-26(25)30-31)33(29(35)24-12-6-3-7-13-24)21-20-32-18-16-23(17-19-32)27(34)22-10-4-2-5-11-22/h2-7,10-13,23H,8-9,14-21H2,1H3. The average Bonchev–Trinajstić information content (AvgIpc) is 3.25. The molecule has 2 aromatic carbocycles. The highest BCUT2D eigenvalue weighted by Gasteiger charge is 2.30. The number of fused-ring (bicyclic) bond motifs is 1. The van der Waals surface area contributed by atoms with Crippen molar-refractivity contribution in [2.45, 2.75) is 38.5 Å². The number of rotatable bonds is 7. The van der Waals surface area contributed by atoms with Crippen molar-refractivity contribution in [2.75, 3.05) is 31.1 Å². The topological polar surface area (TPSA) is 58.4 Å². The number of amides is 1. The summed E-state index contributed by atoms with van der Waals surface area (Å²) in [6, 6.07) is 19.2. The normalized spacial score (nSPS) is 16.6. The van der Waals surface area contributed by atoms with E-state index in [1.54, 1.807) is 0 Å². The van der Waals surface area contributed by atoms with Gasteiger partial charge in [0, 0.05) is 42.7 Å². The van der Waals surface area contributed by atoms with Gasteiger partial charge in [-0.2, -0.15) is 5.10 Å². The molecule has 3 aromatic rings. The molecule has 0 atom stereocenters. The number of aromatic nitrogens is 2.